The minimum atomic E-state index is 0.0388. The van der Waals surface area contributed by atoms with Crippen molar-refractivity contribution in [3.8, 4) is 0 Å². The van der Waals surface area contributed by atoms with Gasteiger partial charge in [-0.15, -0.1) is 0 Å². The summed E-state index contributed by atoms with van der Waals surface area (Å²) in [4.78, 5) is 13.8. The SMILES string of the molecule is CC1CCN(C(=O)NCc2ccc(Cl)cc2)CC1. The highest BCUT2D eigenvalue weighted by atomic mass is 35.5. The molecular weight excluding hydrogens is 248 g/mol. The molecule has 2 rings (SSSR count). The van der Waals surface area contributed by atoms with Crippen molar-refractivity contribution >= 4 is 17.6 Å². The van der Waals surface area contributed by atoms with Crippen LogP contribution in [0.3, 0.4) is 0 Å². The second kappa shape index (κ2) is 6.10. The van der Waals surface area contributed by atoms with Gasteiger partial charge in [0, 0.05) is 24.7 Å². The molecule has 3 nitrogen and oxygen atoms in total. The molecule has 0 unspecified atom stereocenters. The van der Waals surface area contributed by atoms with Crippen molar-refractivity contribution in [2.75, 3.05) is 13.1 Å². The van der Waals surface area contributed by atoms with E-state index in [2.05, 4.69) is 12.2 Å². The van der Waals surface area contributed by atoms with E-state index in [1.54, 1.807) is 0 Å². The molecule has 0 aromatic heterocycles. The van der Waals surface area contributed by atoms with Gasteiger partial charge in [-0.05, 0) is 36.5 Å². The average molecular weight is 267 g/mol. The molecule has 1 aliphatic rings. The summed E-state index contributed by atoms with van der Waals surface area (Å²) in [6.07, 6.45) is 2.21. The fourth-order valence-corrected chi connectivity index (χ4v) is 2.23. The number of piperidine rings is 1. The second-order valence-corrected chi connectivity index (χ2v) is 5.39. The molecule has 1 aliphatic heterocycles. The van der Waals surface area contributed by atoms with Gasteiger partial charge in [0.25, 0.3) is 0 Å². The zero-order chi connectivity index (χ0) is 13.0. The summed E-state index contributed by atoms with van der Waals surface area (Å²) < 4.78 is 0. The highest BCUT2D eigenvalue weighted by Crippen LogP contribution is 2.16. The zero-order valence-electron chi connectivity index (χ0n) is 10.7. The van der Waals surface area contributed by atoms with E-state index in [1.807, 2.05) is 29.2 Å². The standard InChI is InChI=1S/C14H19ClN2O/c1-11-6-8-17(9-7-11)14(18)16-10-12-2-4-13(15)5-3-12/h2-5,11H,6-10H2,1H3,(H,16,18). The Bertz CT molecular complexity index is 397. The fourth-order valence-electron chi connectivity index (χ4n) is 2.10. The van der Waals surface area contributed by atoms with E-state index in [1.165, 1.54) is 0 Å². The van der Waals surface area contributed by atoms with E-state index in [4.69, 9.17) is 11.6 Å². The van der Waals surface area contributed by atoms with E-state index in [9.17, 15) is 4.79 Å². The van der Waals surface area contributed by atoms with Gasteiger partial charge in [-0.25, -0.2) is 4.79 Å². The number of hydrogen-bond acceptors (Lipinski definition) is 1. The third kappa shape index (κ3) is 3.64. The van der Waals surface area contributed by atoms with Crippen LogP contribution in [0.4, 0.5) is 4.79 Å². The summed E-state index contributed by atoms with van der Waals surface area (Å²) in [5.74, 6) is 0.741. The first-order chi connectivity index (χ1) is 8.65. The molecule has 18 heavy (non-hydrogen) atoms. The maximum Gasteiger partial charge on any atom is 0.317 e. The Kier molecular flexibility index (Phi) is 4.48. The quantitative estimate of drug-likeness (QED) is 0.875. The summed E-state index contributed by atoms with van der Waals surface area (Å²) in [5.41, 5.74) is 1.07. The maximum atomic E-state index is 11.9. The summed E-state index contributed by atoms with van der Waals surface area (Å²) in [7, 11) is 0. The van der Waals surface area contributed by atoms with Crippen LogP contribution in [0.2, 0.25) is 5.02 Å². The van der Waals surface area contributed by atoms with Crippen molar-refractivity contribution in [3.05, 3.63) is 34.9 Å². The summed E-state index contributed by atoms with van der Waals surface area (Å²) in [6.45, 7) is 4.53. The fraction of sp³-hybridized carbons (Fsp3) is 0.500. The Morgan fingerprint density at radius 2 is 1.94 bits per heavy atom. The van der Waals surface area contributed by atoms with Gasteiger partial charge in [-0.1, -0.05) is 30.7 Å². The molecule has 0 spiro atoms. The van der Waals surface area contributed by atoms with E-state index in [-0.39, 0.29) is 6.03 Å². The number of nitrogens with zero attached hydrogens (tertiary/aromatic N) is 1. The third-order valence-electron chi connectivity index (χ3n) is 3.43. The number of carbonyl (C=O) groups excluding carboxylic acids is 1. The molecule has 1 N–H and O–H groups in total. The lowest BCUT2D eigenvalue weighted by molar-refractivity contribution is 0.173. The molecule has 1 saturated heterocycles. The molecule has 1 aromatic carbocycles. The molecular formula is C14H19ClN2O. The van der Waals surface area contributed by atoms with Crippen LogP contribution in [-0.4, -0.2) is 24.0 Å². The van der Waals surface area contributed by atoms with Crippen molar-refractivity contribution < 1.29 is 4.79 Å². The maximum absolute atomic E-state index is 11.9. The van der Waals surface area contributed by atoms with Crippen LogP contribution in [0.1, 0.15) is 25.3 Å². The largest absolute Gasteiger partial charge is 0.334 e. The van der Waals surface area contributed by atoms with Crippen LogP contribution in [0.5, 0.6) is 0 Å². The summed E-state index contributed by atoms with van der Waals surface area (Å²) in [5, 5.41) is 3.66. The first kappa shape index (κ1) is 13.2. The van der Waals surface area contributed by atoms with Crippen LogP contribution in [0.15, 0.2) is 24.3 Å². The predicted molar refractivity (Wildman–Crippen MR) is 73.7 cm³/mol. The number of rotatable bonds is 2. The number of likely N-dealkylation sites (tertiary alicyclic amines) is 1. The van der Waals surface area contributed by atoms with Gasteiger partial charge in [0.05, 0.1) is 0 Å². The van der Waals surface area contributed by atoms with Crippen molar-refractivity contribution in [2.45, 2.75) is 26.3 Å². The van der Waals surface area contributed by atoms with Crippen molar-refractivity contribution in [1.29, 1.82) is 0 Å². The smallest absolute Gasteiger partial charge is 0.317 e. The van der Waals surface area contributed by atoms with Crippen molar-refractivity contribution in [3.63, 3.8) is 0 Å². The van der Waals surface area contributed by atoms with Gasteiger partial charge in [0.1, 0.15) is 0 Å². The lowest BCUT2D eigenvalue weighted by atomic mass is 10.00. The first-order valence-corrected chi connectivity index (χ1v) is 6.80. The van der Waals surface area contributed by atoms with Crippen LogP contribution >= 0.6 is 11.6 Å². The van der Waals surface area contributed by atoms with Gasteiger partial charge in [0.15, 0.2) is 0 Å². The lowest BCUT2D eigenvalue weighted by Crippen LogP contribution is -2.43. The Morgan fingerprint density at radius 3 is 2.56 bits per heavy atom. The molecule has 0 aliphatic carbocycles. The number of halogens is 1. The summed E-state index contributed by atoms with van der Waals surface area (Å²) >= 11 is 5.81. The number of nitrogens with one attached hydrogen (secondary N) is 1. The highest BCUT2D eigenvalue weighted by Gasteiger charge is 2.19. The minimum Gasteiger partial charge on any atom is -0.334 e. The molecule has 0 radical (unpaired) electrons. The van der Waals surface area contributed by atoms with Gasteiger partial charge < -0.3 is 10.2 Å². The number of benzene rings is 1. The van der Waals surface area contributed by atoms with Gasteiger partial charge in [0.2, 0.25) is 0 Å². The average Bonchev–Trinajstić information content (AvgIpc) is 2.38. The Morgan fingerprint density at radius 1 is 1.33 bits per heavy atom. The molecule has 4 heteroatoms. The van der Waals surface area contributed by atoms with Crippen LogP contribution in [0.25, 0.3) is 0 Å². The van der Waals surface area contributed by atoms with Crippen molar-refractivity contribution in [2.24, 2.45) is 5.92 Å². The third-order valence-corrected chi connectivity index (χ3v) is 3.68. The van der Waals surface area contributed by atoms with E-state index in [0.717, 1.165) is 42.4 Å². The molecule has 1 fully saturated rings. The number of amides is 2. The predicted octanol–water partition coefficient (Wildman–Crippen LogP) is 3.28. The molecule has 0 bridgehead atoms. The first-order valence-electron chi connectivity index (χ1n) is 6.42. The van der Waals surface area contributed by atoms with Crippen LogP contribution in [-0.2, 0) is 6.54 Å². The van der Waals surface area contributed by atoms with Gasteiger partial charge in [-0.3, -0.25) is 0 Å². The van der Waals surface area contributed by atoms with Gasteiger partial charge >= 0.3 is 6.03 Å². The number of hydrogen-bond donors (Lipinski definition) is 1. The Balaban J connectivity index is 1.79. The molecule has 2 amide bonds. The minimum absolute atomic E-state index is 0.0388. The van der Waals surface area contributed by atoms with E-state index in [0.29, 0.717) is 6.54 Å². The van der Waals surface area contributed by atoms with E-state index >= 15 is 0 Å². The Labute approximate surface area is 113 Å². The molecule has 1 heterocycles. The number of carbonyl (C=O) groups is 1. The number of urea groups is 1. The van der Waals surface area contributed by atoms with Gasteiger partial charge in [-0.2, -0.15) is 0 Å². The Hall–Kier alpha value is -1.22. The topological polar surface area (TPSA) is 32.3 Å². The summed E-state index contributed by atoms with van der Waals surface area (Å²) in [6, 6.07) is 7.58. The van der Waals surface area contributed by atoms with Crippen LogP contribution < -0.4 is 5.32 Å². The van der Waals surface area contributed by atoms with E-state index < -0.39 is 0 Å². The monoisotopic (exact) mass is 266 g/mol. The van der Waals surface area contributed by atoms with Crippen molar-refractivity contribution in [1.82, 2.24) is 10.2 Å². The normalized spacial score (nSPS) is 16.7. The molecule has 1 aromatic rings. The lowest BCUT2D eigenvalue weighted by Gasteiger charge is -2.30. The molecule has 98 valence electrons. The molecule has 0 saturated carbocycles. The highest BCUT2D eigenvalue weighted by molar-refractivity contribution is 6.30. The van der Waals surface area contributed by atoms with Crippen LogP contribution in [0, 0.1) is 5.92 Å². The zero-order valence-corrected chi connectivity index (χ0v) is 11.4. The molecule has 0 atom stereocenters. The second-order valence-electron chi connectivity index (χ2n) is 4.95.